The van der Waals surface area contributed by atoms with Crippen molar-refractivity contribution in [2.24, 2.45) is 12.1 Å². The average Bonchev–Trinajstić information content (AvgIpc) is 3.22. The van der Waals surface area contributed by atoms with Crippen LogP contribution in [0.25, 0.3) is 11.2 Å². The average molecular weight is 447 g/mol. The minimum Gasteiger partial charge on any atom is -0.379 e. The Kier molecular flexibility index (Phi) is 5.61. The SMILES string of the molecule is CC1=NN(CN2CCOCC2)c2nc3c(c(=O)n(CN4CCOCC4)c(=O)n3C)n2C1C. The highest BCUT2D eigenvalue weighted by Gasteiger charge is 2.32. The molecular weight excluding hydrogens is 416 g/mol. The number of fused-ring (bicyclic) bond motifs is 3. The molecule has 1 unspecified atom stereocenters. The summed E-state index contributed by atoms with van der Waals surface area (Å²) in [6.45, 7) is 10.3. The Bertz CT molecular complexity index is 1150. The molecule has 174 valence electrons. The summed E-state index contributed by atoms with van der Waals surface area (Å²) in [6, 6.07) is -0.141. The fourth-order valence-corrected chi connectivity index (χ4v) is 4.48. The molecule has 5 heterocycles. The highest BCUT2D eigenvalue weighted by Crippen LogP contribution is 2.30. The molecule has 0 aromatic carbocycles. The quantitative estimate of drug-likeness (QED) is 0.604. The van der Waals surface area contributed by atoms with E-state index in [9.17, 15) is 9.59 Å². The van der Waals surface area contributed by atoms with Gasteiger partial charge in [0.15, 0.2) is 11.2 Å². The molecule has 2 saturated heterocycles. The second-order valence-corrected chi connectivity index (χ2v) is 8.59. The number of morpholine rings is 2. The number of hydrazone groups is 1. The lowest BCUT2D eigenvalue weighted by molar-refractivity contribution is 0.0220. The van der Waals surface area contributed by atoms with Gasteiger partial charge in [0.2, 0.25) is 5.95 Å². The van der Waals surface area contributed by atoms with E-state index in [4.69, 9.17) is 19.6 Å². The van der Waals surface area contributed by atoms with Gasteiger partial charge >= 0.3 is 5.69 Å². The Hall–Kier alpha value is -2.54. The van der Waals surface area contributed by atoms with Crippen molar-refractivity contribution in [3.8, 4) is 0 Å². The van der Waals surface area contributed by atoms with E-state index in [1.54, 1.807) is 7.05 Å². The molecule has 2 fully saturated rings. The van der Waals surface area contributed by atoms with Crippen LogP contribution in [0.2, 0.25) is 0 Å². The van der Waals surface area contributed by atoms with Gasteiger partial charge in [0.05, 0.1) is 51.5 Å². The third-order valence-electron chi connectivity index (χ3n) is 6.54. The first-order valence-corrected chi connectivity index (χ1v) is 11.1. The van der Waals surface area contributed by atoms with Crippen LogP contribution in [0.5, 0.6) is 0 Å². The summed E-state index contributed by atoms with van der Waals surface area (Å²) in [6.07, 6.45) is 0. The molecule has 2 aromatic rings. The smallest absolute Gasteiger partial charge is 0.333 e. The summed E-state index contributed by atoms with van der Waals surface area (Å²) in [5.41, 5.74) is 1.02. The second-order valence-electron chi connectivity index (χ2n) is 8.59. The summed E-state index contributed by atoms with van der Waals surface area (Å²) in [5.74, 6) is 0.584. The number of nitrogens with zero attached hydrogens (tertiary/aromatic N) is 8. The van der Waals surface area contributed by atoms with Crippen molar-refractivity contribution in [3.63, 3.8) is 0 Å². The van der Waals surface area contributed by atoms with Gasteiger partial charge in [0.1, 0.15) is 0 Å². The fraction of sp³-hybridized carbons (Fsp3) is 0.700. The van der Waals surface area contributed by atoms with E-state index in [-0.39, 0.29) is 24.0 Å². The van der Waals surface area contributed by atoms with Crippen molar-refractivity contribution in [2.45, 2.75) is 26.6 Å². The van der Waals surface area contributed by atoms with Gasteiger partial charge in [-0.25, -0.2) is 14.4 Å². The molecule has 3 aliphatic heterocycles. The number of hydrogen-bond donors (Lipinski definition) is 0. The summed E-state index contributed by atoms with van der Waals surface area (Å²) < 4.78 is 15.6. The van der Waals surface area contributed by atoms with Crippen LogP contribution in [0.4, 0.5) is 5.95 Å². The lowest BCUT2D eigenvalue weighted by Crippen LogP contribution is -2.47. The number of hydrogen-bond acceptors (Lipinski definition) is 9. The van der Waals surface area contributed by atoms with Gasteiger partial charge in [0.25, 0.3) is 5.56 Å². The molecule has 3 aliphatic rings. The van der Waals surface area contributed by atoms with E-state index >= 15 is 0 Å². The van der Waals surface area contributed by atoms with Crippen molar-refractivity contribution in [2.75, 3.05) is 64.3 Å². The zero-order valence-corrected chi connectivity index (χ0v) is 18.9. The van der Waals surface area contributed by atoms with Crippen molar-refractivity contribution in [1.29, 1.82) is 0 Å². The van der Waals surface area contributed by atoms with Crippen LogP contribution in [-0.2, 0) is 23.2 Å². The van der Waals surface area contributed by atoms with Crippen molar-refractivity contribution in [3.05, 3.63) is 20.8 Å². The first kappa shape index (κ1) is 21.3. The topological polar surface area (TPSA) is 102 Å². The Labute approximate surface area is 185 Å². The first-order valence-electron chi connectivity index (χ1n) is 11.1. The molecule has 5 rings (SSSR count). The van der Waals surface area contributed by atoms with Gasteiger partial charge in [-0.1, -0.05) is 0 Å². The standard InChI is InChI=1S/C20H30N8O4/c1-14-15(2)28-16-17(21-19(28)27(22-14)13-25-6-10-32-11-7-25)23(3)20(30)26(18(16)29)12-24-4-8-31-9-5-24/h15H,4-13H2,1-3H3. The zero-order chi connectivity index (χ0) is 22.4. The molecule has 0 aliphatic carbocycles. The highest BCUT2D eigenvalue weighted by molar-refractivity contribution is 5.91. The van der Waals surface area contributed by atoms with Gasteiger partial charge in [-0.2, -0.15) is 10.1 Å². The van der Waals surface area contributed by atoms with Crippen molar-refractivity contribution in [1.82, 2.24) is 28.5 Å². The summed E-state index contributed by atoms with van der Waals surface area (Å²) in [4.78, 5) is 35.7. The van der Waals surface area contributed by atoms with Crippen LogP contribution in [0.1, 0.15) is 19.9 Å². The third kappa shape index (κ3) is 3.56. The number of imidazole rings is 1. The molecule has 12 nitrogen and oxygen atoms in total. The molecule has 12 heteroatoms. The molecule has 32 heavy (non-hydrogen) atoms. The number of aryl methyl sites for hydroxylation is 1. The highest BCUT2D eigenvalue weighted by atomic mass is 16.5. The number of anilines is 1. The van der Waals surface area contributed by atoms with E-state index in [0.29, 0.717) is 63.3 Å². The van der Waals surface area contributed by atoms with E-state index in [1.165, 1.54) is 9.13 Å². The Morgan fingerprint density at radius 3 is 2.19 bits per heavy atom. The van der Waals surface area contributed by atoms with Crippen LogP contribution >= 0.6 is 0 Å². The largest absolute Gasteiger partial charge is 0.379 e. The predicted molar refractivity (Wildman–Crippen MR) is 119 cm³/mol. The lowest BCUT2D eigenvalue weighted by Gasteiger charge is -2.34. The molecule has 1 atom stereocenters. The fourth-order valence-electron chi connectivity index (χ4n) is 4.48. The van der Waals surface area contributed by atoms with E-state index < -0.39 is 0 Å². The number of ether oxygens (including phenoxy) is 2. The lowest BCUT2D eigenvalue weighted by atomic mass is 10.2. The van der Waals surface area contributed by atoms with Crippen molar-refractivity contribution >= 4 is 22.8 Å². The van der Waals surface area contributed by atoms with Gasteiger partial charge in [-0.05, 0) is 13.8 Å². The molecule has 2 aromatic heterocycles. The first-order chi connectivity index (χ1) is 15.5. The maximum atomic E-state index is 13.6. The zero-order valence-electron chi connectivity index (χ0n) is 18.9. The van der Waals surface area contributed by atoms with Gasteiger partial charge in [-0.15, -0.1) is 0 Å². The summed E-state index contributed by atoms with van der Waals surface area (Å²) in [5, 5.41) is 6.59. The molecular formula is C20H30N8O4. The van der Waals surface area contributed by atoms with Crippen LogP contribution in [-0.4, -0.2) is 93.5 Å². The molecule has 0 bridgehead atoms. The van der Waals surface area contributed by atoms with E-state index in [1.807, 2.05) is 23.4 Å². The van der Waals surface area contributed by atoms with E-state index in [2.05, 4.69) is 9.80 Å². The maximum Gasteiger partial charge on any atom is 0.333 e. The third-order valence-corrected chi connectivity index (χ3v) is 6.54. The van der Waals surface area contributed by atoms with Gasteiger partial charge in [-0.3, -0.25) is 23.7 Å². The second kappa shape index (κ2) is 8.43. The Balaban J connectivity index is 1.60. The van der Waals surface area contributed by atoms with Gasteiger partial charge in [0, 0.05) is 33.2 Å². The molecule has 0 radical (unpaired) electrons. The molecule has 0 amide bonds. The predicted octanol–water partition coefficient (Wildman–Crippen LogP) is -0.767. The normalized spacial score (nSPS) is 22.9. The maximum absolute atomic E-state index is 13.6. The van der Waals surface area contributed by atoms with Gasteiger partial charge < -0.3 is 9.47 Å². The van der Waals surface area contributed by atoms with Crippen LogP contribution in [0, 0.1) is 0 Å². The molecule has 0 spiro atoms. The summed E-state index contributed by atoms with van der Waals surface area (Å²) in [7, 11) is 1.67. The van der Waals surface area contributed by atoms with Crippen LogP contribution in [0.3, 0.4) is 0 Å². The number of aromatic nitrogens is 4. The minimum atomic E-state index is -0.366. The summed E-state index contributed by atoms with van der Waals surface area (Å²) >= 11 is 0. The molecule has 0 saturated carbocycles. The van der Waals surface area contributed by atoms with Crippen molar-refractivity contribution < 1.29 is 9.47 Å². The number of rotatable bonds is 4. The minimum absolute atomic E-state index is 0.141. The van der Waals surface area contributed by atoms with Crippen LogP contribution in [0.15, 0.2) is 14.7 Å². The Morgan fingerprint density at radius 1 is 0.969 bits per heavy atom. The van der Waals surface area contributed by atoms with E-state index in [0.717, 1.165) is 18.8 Å². The molecule has 0 N–H and O–H groups in total. The van der Waals surface area contributed by atoms with Crippen LogP contribution < -0.4 is 16.3 Å². The monoisotopic (exact) mass is 446 g/mol. The Morgan fingerprint density at radius 2 is 1.56 bits per heavy atom.